The van der Waals surface area contributed by atoms with Crippen molar-refractivity contribution in [2.45, 2.75) is 17.6 Å². The van der Waals surface area contributed by atoms with Gasteiger partial charge in [-0.3, -0.25) is 0 Å². The highest BCUT2D eigenvalue weighted by atomic mass is 32.2. The van der Waals surface area contributed by atoms with Gasteiger partial charge in [-0.15, -0.1) is 11.8 Å². The molecule has 0 radical (unpaired) electrons. The maximum atomic E-state index is 8.80. The van der Waals surface area contributed by atoms with E-state index in [0.29, 0.717) is 5.75 Å². The van der Waals surface area contributed by atoms with Crippen molar-refractivity contribution < 1.29 is 10.2 Å². The molecule has 0 rings (SSSR count). The van der Waals surface area contributed by atoms with E-state index in [2.05, 4.69) is 12.6 Å². The number of rotatable bonds is 4. The molecule has 9 heavy (non-hydrogen) atoms. The predicted octanol–water partition coefficient (Wildman–Crippen LogP) is 0.349. The molecule has 0 aromatic carbocycles. The summed E-state index contributed by atoms with van der Waals surface area (Å²) in [4.78, 5) is 0. The molecule has 0 saturated heterocycles. The fraction of sp³-hybridized carbons (Fsp3) is 1.00. The van der Waals surface area contributed by atoms with Gasteiger partial charge in [-0.05, 0) is 6.92 Å². The first-order valence-electron chi connectivity index (χ1n) is 2.76. The van der Waals surface area contributed by atoms with Crippen LogP contribution in [-0.2, 0) is 0 Å². The summed E-state index contributed by atoms with van der Waals surface area (Å²) in [6.45, 7) is 1.76. The van der Waals surface area contributed by atoms with Crippen LogP contribution in [0.3, 0.4) is 0 Å². The second-order valence-electron chi connectivity index (χ2n) is 1.72. The third kappa shape index (κ3) is 5.08. The summed E-state index contributed by atoms with van der Waals surface area (Å²) in [5, 5.41) is 17.5. The Morgan fingerprint density at radius 3 is 2.33 bits per heavy atom. The topological polar surface area (TPSA) is 40.5 Å². The molecule has 0 aromatic heterocycles. The van der Waals surface area contributed by atoms with Gasteiger partial charge in [0.25, 0.3) is 0 Å². The summed E-state index contributed by atoms with van der Waals surface area (Å²) in [5.41, 5.74) is -0.408. The van der Waals surface area contributed by atoms with E-state index in [0.717, 1.165) is 0 Å². The van der Waals surface area contributed by atoms with Crippen LogP contribution >= 0.6 is 24.4 Å². The number of thioether (sulfide) groups is 1. The van der Waals surface area contributed by atoms with E-state index in [1.54, 1.807) is 6.92 Å². The fourth-order valence-electron chi connectivity index (χ4n) is 0.422. The van der Waals surface area contributed by atoms with Gasteiger partial charge in [0.05, 0.1) is 12.0 Å². The quantitative estimate of drug-likeness (QED) is 0.419. The number of thiol groups is 1. The summed E-state index contributed by atoms with van der Waals surface area (Å²) < 4.78 is 0. The van der Waals surface area contributed by atoms with Gasteiger partial charge < -0.3 is 10.2 Å². The summed E-state index contributed by atoms with van der Waals surface area (Å²) in [7, 11) is 0. The molecule has 2 nitrogen and oxygen atoms in total. The van der Waals surface area contributed by atoms with Crippen LogP contribution in [0.15, 0.2) is 0 Å². The lowest BCUT2D eigenvalue weighted by atomic mass is 10.5. The molecule has 0 aliphatic carbocycles. The van der Waals surface area contributed by atoms with Crippen LogP contribution in [0.2, 0.25) is 0 Å². The second-order valence-corrected chi connectivity index (χ2v) is 3.71. The van der Waals surface area contributed by atoms with Crippen molar-refractivity contribution in [3.8, 4) is 0 Å². The zero-order chi connectivity index (χ0) is 7.28. The highest BCUT2D eigenvalue weighted by Crippen LogP contribution is 2.15. The van der Waals surface area contributed by atoms with Gasteiger partial charge in [0.2, 0.25) is 0 Å². The number of aliphatic hydroxyl groups is 2. The van der Waals surface area contributed by atoms with Crippen molar-refractivity contribution in [1.82, 2.24) is 0 Å². The summed E-state index contributed by atoms with van der Waals surface area (Å²) >= 11 is 5.31. The van der Waals surface area contributed by atoms with Gasteiger partial charge in [-0.2, -0.15) is 12.6 Å². The van der Waals surface area contributed by atoms with Crippen molar-refractivity contribution in [1.29, 1.82) is 0 Å². The Balaban J connectivity index is 3.31. The van der Waals surface area contributed by atoms with Crippen LogP contribution in [0.4, 0.5) is 0 Å². The number of hydrogen-bond acceptors (Lipinski definition) is 4. The standard InChI is InChI=1S/C5H12O2S2/c1-4(7)9-5(2-6)3-8/h4-8H,2-3H2,1H3. The third-order valence-electron chi connectivity index (χ3n) is 0.797. The van der Waals surface area contributed by atoms with Crippen molar-refractivity contribution in [3.63, 3.8) is 0 Å². The second kappa shape index (κ2) is 5.41. The summed E-state index contributed by atoms with van der Waals surface area (Å²) in [5.74, 6) is 0.603. The summed E-state index contributed by atoms with van der Waals surface area (Å²) in [6.07, 6.45) is 0. The average Bonchev–Trinajstić information content (AvgIpc) is 1.82. The molecular formula is C5H12O2S2. The molecule has 0 fully saturated rings. The number of hydrogen-bond donors (Lipinski definition) is 3. The Hall–Kier alpha value is 0.620. The van der Waals surface area contributed by atoms with Gasteiger partial charge in [0, 0.05) is 11.0 Å². The smallest absolute Gasteiger partial charge is 0.0968 e. The Morgan fingerprint density at radius 2 is 2.22 bits per heavy atom. The molecule has 0 aliphatic rings. The van der Waals surface area contributed by atoms with Gasteiger partial charge >= 0.3 is 0 Å². The van der Waals surface area contributed by atoms with Crippen LogP contribution in [0.25, 0.3) is 0 Å². The first-order chi connectivity index (χ1) is 4.20. The van der Waals surface area contributed by atoms with Crippen molar-refractivity contribution in [2.75, 3.05) is 12.4 Å². The lowest BCUT2D eigenvalue weighted by molar-refractivity contribution is 0.275. The molecule has 0 spiro atoms. The van der Waals surface area contributed by atoms with Crippen LogP contribution in [0, 0.1) is 0 Å². The SMILES string of the molecule is CC(O)SC(CO)CS. The highest BCUT2D eigenvalue weighted by molar-refractivity contribution is 8.01. The molecule has 2 unspecified atom stereocenters. The molecule has 0 saturated carbocycles. The van der Waals surface area contributed by atoms with Crippen molar-refractivity contribution in [2.24, 2.45) is 0 Å². The minimum atomic E-state index is -0.408. The van der Waals surface area contributed by atoms with E-state index in [-0.39, 0.29) is 11.9 Å². The molecule has 0 amide bonds. The zero-order valence-corrected chi connectivity index (χ0v) is 7.03. The first-order valence-corrected chi connectivity index (χ1v) is 4.33. The molecule has 0 bridgehead atoms. The Kier molecular flexibility index (Phi) is 5.78. The number of aliphatic hydroxyl groups excluding tert-OH is 2. The van der Waals surface area contributed by atoms with Crippen LogP contribution in [-0.4, -0.2) is 33.3 Å². The molecule has 0 heterocycles. The molecular weight excluding hydrogens is 156 g/mol. The molecule has 4 heteroatoms. The molecule has 2 N–H and O–H groups in total. The lowest BCUT2D eigenvalue weighted by Gasteiger charge is -2.11. The van der Waals surface area contributed by atoms with Crippen molar-refractivity contribution >= 4 is 24.4 Å². The van der Waals surface area contributed by atoms with E-state index in [1.165, 1.54) is 11.8 Å². The lowest BCUT2D eigenvalue weighted by Crippen LogP contribution is -2.14. The van der Waals surface area contributed by atoms with E-state index in [9.17, 15) is 0 Å². The molecule has 2 atom stereocenters. The maximum absolute atomic E-state index is 8.80. The minimum absolute atomic E-state index is 0.0633. The Morgan fingerprint density at radius 1 is 1.67 bits per heavy atom. The van der Waals surface area contributed by atoms with E-state index < -0.39 is 5.44 Å². The highest BCUT2D eigenvalue weighted by Gasteiger charge is 2.07. The summed E-state index contributed by atoms with van der Waals surface area (Å²) in [6, 6.07) is 0. The maximum Gasteiger partial charge on any atom is 0.0968 e. The monoisotopic (exact) mass is 168 g/mol. The molecule has 0 aromatic rings. The van der Waals surface area contributed by atoms with Gasteiger partial charge in [-0.25, -0.2) is 0 Å². The Bertz CT molecular complexity index is 64.0. The Labute approximate surface area is 65.1 Å². The minimum Gasteiger partial charge on any atom is -0.395 e. The predicted molar refractivity (Wildman–Crippen MR) is 44.0 cm³/mol. The van der Waals surface area contributed by atoms with Crippen LogP contribution < -0.4 is 0 Å². The van der Waals surface area contributed by atoms with Crippen molar-refractivity contribution in [3.05, 3.63) is 0 Å². The van der Waals surface area contributed by atoms with Gasteiger partial charge in [-0.1, -0.05) is 0 Å². The van der Waals surface area contributed by atoms with E-state index in [1.807, 2.05) is 0 Å². The normalized spacial score (nSPS) is 17.3. The molecule has 0 aliphatic heterocycles. The van der Waals surface area contributed by atoms with E-state index in [4.69, 9.17) is 10.2 Å². The third-order valence-corrected chi connectivity index (χ3v) is 2.58. The fourth-order valence-corrected chi connectivity index (χ4v) is 1.53. The average molecular weight is 168 g/mol. The first kappa shape index (κ1) is 9.62. The van der Waals surface area contributed by atoms with Crippen LogP contribution in [0.1, 0.15) is 6.92 Å². The molecule has 56 valence electrons. The van der Waals surface area contributed by atoms with Gasteiger partial charge in [0.1, 0.15) is 0 Å². The van der Waals surface area contributed by atoms with Gasteiger partial charge in [0.15, 0.2) is 0 Å². The van der Waals surface area contributed by atoms with Crippen LogP contribution in [0.5, 0.6) is 0 Å². The zero-order valence-electron chi connectivity index (χ0n) is 5.32. The largest absolute Gasteiger partial charge is 0.395 e. The van der Waals surface area contributed by atoms with E-state index >= 15 is 0 Å².